The summed E-state index contributed by atoms with van der Waals surface area (Å²) < 4.78 is 0. The molecule has 0 radical (unpaired) electrons. The Bertz CT molecular complexity index is 1040. The summed E-state index contributed by atoms with van der Waals surface area (Å²) in [5.74, 6) is 0.0673. The van der Waals surface area contributed by atoms with Gasteiger partial charge in [-0.3, -0.25) is 14.6 Å². The molecule has 1 heterocycles. The van der Waals surface area contributed by atoms with Gasteiger partial charge in [-0.05, 0) is 12.3 Å². The predicted octanol–water partition coefficient (Wildman–Crippen LogP) is 2.24. The summed E-state index contributed by atoms with van der Waals surface area (Å²) in [7, 11) is 0. The summed E-state index contributed by atoms with van der Waals surface area (Å²) in [5, 5.41) is 6.09. The molecule has 1 aliphatic rings. The minimum absolute atomic E-state index is 0.140. The lowest BCUT2D eigenvalue weighted by Gasteiger charge is -2.02. The van der Waals surface area contributed by atoms with Crippen molar-refractivity contribution in [2.45, 2.75) is 6.92 Å². The van der Waals surface area contributed by atoms with Gasteiger partial charge in [-0.15, -0.1) is 0 Å². The van der Waals surface area contributed by atoms with Crippen LogP contribution in [0.5, 0.6) is 0 Å². The van der Waals surface area contributed by atoms with Crippen LogP contribution in [0.1, 0.15) is 21.6 Å². The fraction of sp³-hybridized carbons (Fsp3) is 0.0588. The number of nitrogens with zero attached hydrogens (tertiary/aromatic N) is 2. The summed E-state index contributed by atoms with van der Waals surface area (Å²) in [4.78, 5) is 30.7. The van der Waals surface area contributed by atoms with E-state index in [-0.39, 0.29) is 17.3 Å². The Hall–Kier alpha value is -3.28. The molecule has 0 atom stereocenters. The van der Waals surface area contributed by atoms with E-state index >= 15 is 0 Å². The Balaban J connectivity index is 1.80. The summed E-state index contributed by atoms with van der Waals surface area (Å²) >= 11 is 0. The van der Waals surface area contributed by atoms with Crippen LogP contribution in [-0.2, 0) is 0 Å². The van der Waals surface area contributed by atoms with Crippen LogP contribution < -0.4 is 11.0 Å². The third-order valence-electron chi connectivity index (χ3n) is 3.76. The maximum absolute atomic E-state index is 12.6. The number of nitrogens with one attached hydrogen (secondary N) is 2. The van der Waals surface area contributed by atoms with Crippen LogP contribution in [0.2, 0.25) is 0 Å². The zero-order valence-corrected chi connectivity index (χ0v) is 12.3. The molecular formula is C17H12N4O2. The number of ketones is 1. The normalized spacial score (nSPS) is 14.7. The summed E-state index contributed by atoms with van der Waals surface area (Å²) in [6, 6.07) is 12.7. The molecule has 3 aromatic rings. The van der Waals surface area contributed by atoms with Crippen molar-refractivity contribution >= 4 is 28.2 Å². The van der Waals surface area contributed by atoms with Crippen LogP contribution >= 0.6 is 0 Å². The zero-order chi connectivity index (χ0) is 16.0. The van der Waals surface area contributed by atoms with Crippen LogP contribution in [0, 0.1) is 6.92 Å². The largest absolute Gasteiger partial charge is 0.291 e. The Labute approximate surface area is 130 Å². The number of aryl methyl sites for hydroxylation is 1. The van der Waals surface area contributed by atoms with Crippen LogP contribution in [0.15, 0.2) is 52.4 Å². The molecule has 1 aliphatic carbocycles. The lowest BCUT2D eigenvalue weighted by molar-refractivity contribution is 0.107. The smallest absolute Gasteiger partial charge is 0.252 e. The van der Waals surface area contributed by atoms with E-state index in [2.05, 4.69) is 20.5 Å². The van der Waals surface area contributed by atoms with Gasteiger partial charge in [-0.2, -0.15) is 5.10 Å². The number of Topliss-reactive ketones (excluding diaryl/α,β-unsaturated/α-hetero) is 1. The topological polar surface area (TPSA) is 87.2 Å². The SMILES string of the molecule is Cc1cc(=O)[nH]c(N/N=C2/C(=O)c3cccc4cccc2c34)n1. The van der Waals surface area contributed by atoms with E-state index in [1.165, 1.54) is 6.07 Å². The number of benzene rings is 2. The molecular weight excluding hydrogens is 292 g/mol. The number of aromatic amines is 1. The van der Waals surface area contributed by atoms with Gasteiger partial charge in [0.25, 0.3) is 5.56 Å². The average molecular weight is 304 g/mol. The Kier molecular flexibility index (Phi) is 2.84. The van der Waals surface area contributed by atoms with E-state index < -0.39 is 0 Å². The molecule has 2 N–H and O–H groups in total. The van der Waals surface area contributed by atoms with Crippen molar-refractivity contribution in [3.8, 4) is 0 Å². The first-order chi connectivity index (χ1) is 11.1. The second kappa shape index (κ2) is 4.88. The molecule has 0 aliphatic heterocycles. The number of hydrogen-bond donors (Lipinski definition) is 2. The minimum atomic E-state index is -0.275. The highest BCUT2D eigenvalue weighted by molar-refractivity contribution is 6.59. The van der Waals surface area contributed by atoms with Crippen molar-refractivity contribution < 1.29 is 4.79 Å². The van der Waals surface area contributed by atoms with E-state index in [4.69, 9.17) is 0 Å². The number of aromatic nitrogens is 2. The van der Waals surface area contributed by atoms with Crippen molar-refractivity contribution in [2.75, 3.05) is 5.43 Å². The van der Waals surface area contributed by atoms with Gasteiger partial charge in [0.15, 0.2) is 0 Å². The van der Waals surface area contributed by atoms with Gasteiger partial charge in [0, 0.05) is 28.3 Å². The van der Waals surface area contributed by atoms with E-state index in [9.17, 15) is 9.59 Å². The molecule has 0 bridgehead atoms. The number of anilines is 1. The molecule has 4 rings (SSSR count). The van der Waals surface area contributed by atoms with Crippen LogP contribution in [0.25, 0.3) is 10.8 Å². The van der Waals surface area contributed by atoms with Crippen LogP contribution in [0.4, 0.5) is 5.95 Å². The fourth-order valence-electron chi connectivity index (χ4n) is 2.83. The van der Waals surface area contributed by atoms with Crippen molar-refractivity contribution in [3.05, 3.63) is 69.6 Å². The molecule has 0 fully saturated rings. The van der Waals surface area contributed by atoms with Gasteiger partial charge in [0.05, 0.1) is 0 Å². The molecule has 112 valence electrons. The number of rotatable bonds is 2. The monoisotopic (exact) mass is 304 g/mol. The highest BCUT2D eigenvalue weighted by Gasteiger charge is 2.28. The molecule has 0 saturated heterocycles. The molecule has 6 heteroatoms. The molecule has 1 aromatic heterocycles. The van der Waals surface area contributed by atoms with E-state index in [0.29, 0.717) is 17.0 Å². The number of carbonyl (C=O) groups is 1. The number of carbonyl (C=O) groups excluding carboxylic acids is 1. The van der Waals surface area contributed by atoms with Gasteiger partial charge in [-0.1, -0.05) is 36.4 Å². The van der Waals surface area contributed by atoms with Gasteiger partial charge in [0.1, 0.15) is 5.71 Å². The van der Waals surface area contributed by atoms with Crippen LogP contribution in [-0.4, -0.2) is 21.5 Å². The molecule has 23 heavy (non-hydrogen) atoms. The van der Waals surface area contributed by atoms with E-state index in [1.54, 1.807) is 13.0 Å². The van der Waals surface area contributed by atoms with E-state index in [0.717, 1.165) is 16.3 Å². The zero-order valence-electron chi connectivity index (χ0n) is 12.3. The minimum Gasteiger partial charge on any atom is -0.291 e. The number of H-pyrrole nitrogens is 1. The Morgan fingerprint density at radius 2 is 1.83 bits per heavy atom. The van der Waals surface area contributed by atoms with Gasteiger partial charge >= 0.3 is 0 Å². The molecule has 6 nitrogen and oxygen atoms in total. The van der Waals surface area contributed by atoms with Crippen molar-refractivity contribution in [2.24, 2.45) is 5.10 Å². The van der Waals surface area contributed by atoms with Gasteiger partial charge in [-0.25, -0.2) is 10.4 Å². The maximum Gasteiger partial charge on any atom is 0.252 e. The third-order valence-corrected chi connectivity index (χ3v) is 3.76. The van der Waals surface area contributed by atoms with Gasteiger partial charge < -0.3 is 0 Å². The quantitative estimate of drug-likeness (QED) is 0.711. The summed E-state index contributed by atoms with van der Waals surface area (Å²) in [6.45, 7) is 1.71. The van der Waals surface area contributed by atoms with Crippen molar-refractivity contribution in [3.63, 3.8) is 0 Å². The molecule has 0 saturated carbocycles. The standard InChI is InChI=1S/C17H12N4O2/c1-9-8-13(22)19-17(18-9)21-20-15-11-6-2-4-10-5-3-7-12(14(10)11)16(15)23/h2-8H,1H3,(H2,18,19,21,22)/b20-15+. The predicted molar refractivity (Wildman–Crippen MR) is 88.0 cm³/mol. The average Bonchev–Trinajstić information content (AvgIpc) is 2.79. The lowest BCUT2D eigenvalue weighted by Crippen LogP contribution is -2.14. The highest BCUT2D eigenvalue weighted by Crippen LogP contribution is 2.30. The first-order valence-electron chi connectivity index (χ1n) is 7.12. The second-order valence-electron chi connectivity index (χ2n) is 5.35. The molecule has 2 aromatic carbocycles. The first kappa shape index (κ1) is 13.4. The molecule has 0 unspecified atom stereocenters. The second-order valence-corrected chi connectivity index (χ2v) is 5.35. The Morgan fingerprint density at radius 1 is 1.09 bits per heavy atom. The highest BCUT2D eigenvalue weighted by atomic mass is 16.1. The first-order valence-corrected chi connectivity index (χ1v) is 7.12. The molecule has 0 amide bonds. The van der Waals surface area contributed by atoms with Gasteiger partial charge in [0.2, 0.25) is 11.7 Å². The summed E-state index contributed by atoms with van der Waals surface area (Å²) in [6.07, 6.45) is 0. The van der Waals surface area contributed by atoms with E-state index in [1.807, 2.05) is 30.3 Å². The Morgan fingerprint density at radius 3 is 2.57 bits per heavy atom. The lowest BCUT2D eigenvalue weighted by atomic mass is 10.1. The number of hydrazone groups is 1. The fourth-order valence-corrected chi connectivity index (χ4v) is 2.83. The summed E-state index contributed by atoms with van der Waals surface area (Å²) in [5.41, 5.74) is 4.72. The van der Waals surface area contributed by atoms with Crippen molar-refractivity contribution in [1.82, 2.24) is 9.97 Å². The molecule has 0 spiro atoms. The maximum atomic E-state index is 12.6. The number of hydrogen-bond acceptors (Lipinski definition) is 5. The van der Waals surface area contributed by atoms with Crippen molar-refractivity contribution in [1.29, 1.82) is 0 Å². The third kappa shape index (κ3) is 2.12. The van der Waals surface area contributed by atoms with Crippen LogP contribution in [0.3, 0.4) is 0 Å².